The number of anilines is 2. The molecule has 3 heterocycles. The normalized spacial score (nSPS) is 16.2. The third kappa shape index (κ3) is 2.45. The van der Waals surface area contributed by atoms with Gasteiger partial charge in [-0.3, -0.25) is 9.59 Å². The molecule has 24 heavy (non-hydrogen) atoms. The van der Waals surface area contributed by atoms with E-state index in [0.29, 0.717) is 28.5 Å². The van der Waals surface area contributed by atoms with Gasteiger partial charge in [0.25, 0.3) is 11.8 Å². The molecule has 0 aliphatic carbocycles. The summed E-state index contributed by atoms with van der Waals surface area (Å²) in [4.78, 5) is 28.3. The minimum atomic E-state index is -0.532. The summed E-state index contributed by atoms with van der Waals surface area (Å²) in [5, 5.41) is 5.52. The van der Waals surface area contributed by atoms with Crippen LogP contribution in [-0.2, 0) is 4.79 Å². The van der Waals surface area contributed by atoms with E-state index in [9.17, 15) is 9.59 Å². The quantitative estimate of drug-likeness (QED) is 0.758. The van der Waals surface area contributed by atoms with Crippen molar-refractivity contribution in [1.82, 2.24) is 9.38 Å². The summed E-state index contributed by atoms with van der Waals surface area (Å²) < 4.78 is 7.26. The lowest BCUT2D eigenvalue weighted by Gasteiger charge is -2.23. The molecule has 2 amide bonds. The highest BCUT2D eigenvalue weighted by atomic mass is 16.5. The number of ether oxygens (including phenoxy) is 1. The van der Waals surface area contributed by atoms with E-state index in [4.69, 9.17) is 4.74 Å². The van der Waals surface area contributed by atoms with E-state index in [1.165, 1.54) is 0 Å². The predicted octanol–water partition coefficient (Wildman–Crippen LogP) is 2.31. The van der Waals surface area contributed by atoms with Crippen molar-refractivity contribution in [3.63, 3.8) is 0 Å². The Hall–Kier alpha value is -3.35. The number of nitrogens with one attached hydrogen (secondary N) is 2. The zero-order valence-electron chi connectivity index (χ0n) is 12.8. The Morgan fingerprint density at radius 1 is 1.33 bits per heavy atom. The van der Waals surface area contributed by atoms with E-state index in [1.54, 1.807) is 35.7 Å². The summed E-state index contributed by atoms with van der Waals surface area (Å²) >= 11 is 0. The molecule has 1 aliphatic heterocycles. The first-order valence-electron chi connectivity index (χ1n) is 7.47. The number of amides is 2. The van der Waals surface area contributed by atoms with Gasteiger partial charge in [-0.2, -0.15) is 0 Å². The maximum Gasteiger partial charge on any atom is 0.275 e. The SMILES string of the molecule is CC1Oc2ccc(NC(=O)c3cn4ccccc4n3)cc2NC1=O. The molecule has 0 spiro atoms. The molecule has 7 nitrogen and oxygen atoms in total. The summed E-state index contributed by atoms with van der Waals surface area (Å²) in [6.45, 7) is 1.68. The van der Waals surface area contributed by atoms with Crippen molar-refractivity contribution in [2.24, 2.45) is 0 Å². The topological polar surface area (TPSA) is 84.7 Å². The van der Waals surface area contributed by atoms with Crippen molar-refractivity contribution < 1.29 is 14.3 Å². The maximum atomic E-state index is 12.4. The molecule has 2 aromatic heterocycles. The van der Waals surface area contributed by atoms with Gasteiger partial charge in [0.1, 0.15) is 17.1 Å². The standard InChI is InChI=1S/C17H14N4O3/c1-10-16(22)20-12-8-11(5-6-14(12)24-10)18-17(23)13-9-21-7-3-2-4-15(21)19-13/h2-10H,1H3,(H,18,23)(H,20,22). The van der Waals surface area contributed by atoms with Crippen LogP contribution < -0.4 is 15.4 Å². The number of hydrogen-bond acceptors (Lipinski definition) is 4. The monoisotopic (exact) mass is 322 g/mol. The maximum absolute atomic E-state index is 12.4. The third-order valence-electron chi connectivity index (χ3n) is 3.76. The number of nitrogens with zero attached hydrogens (tertiary/aromatic N) is 2. The largest absolute Gasteiger partial charge is 0.479 e. The van der Waals surface area contributed by atoms with Gasteiger partial charge in [-0.15, -0.1) is 0 Å². The average Bonchev–Trinajstić information content (AvgIpc) is 3.00. The summed E-state index contributed by atoms with van der Waals surface area (Å²) in [7, 11) is 0. The molecule has 0 saturated heterocycles. The molecule has 7 heteroatoms. The van der Waals surface area contributed by atoms with Crippen LogP contribution in [0.4, 0.5) is 11.4 Å². The van der Waals surface area contributed by atoms with Crippen LogP contribution in [0, 0.1) is 0 Å². The minimum absolute atomic E-state index is 0.216. The zero-order chi connectivity index (χ0) is 16.7. The highest BCUT2D eigenvalue weighted by molar-refractivity contribution is 6.04. The lowest BCUT2D eigenvalue weighted by molar-refractivity contribution is -0.122. The van der Waals surface area contributed by atoms with Crippen LogP contribution in [0.2, 0.25) is 0 Å². The molecule has 3 aromatic rings. The van der Waals surface area contributed by atoms with E-state index in [1.807, 2.05) is 24.4 Å². The number of aromatic nitrogens is 2. The molecule has 4 rings (SSSR count). The lowest BCUT2D eigenvalue weighted by Crippen LogP contribution is -2.34. The number of carbonyl (C=O) groups excluding carboxylic acids is 2. The molecule has 0 saturated carbocycles. The Balaban J connectivity index is 1.58. The molecule has 2 N–H and O–H groups in total. The van der Waals surface area contributed by atoms with Crippen molar-refractivity contribution in [3.05, 3.63) is 54.5 Å². The summed E-state index contributed by atoms with van der Waals surface area (Å²) in [6.07, 6.45) is 2.96. The molecule has 1 unspecified atom stereocenters. The van der Waals surface area contributed by atoms with E-state index in [-0.39, 0.29) is 11.8 Å². The number of fused-ring (bicyclic) bond motifs is 2. The molecular weight excluding hydrogens is 308 g/mol. The van der Waals surface area contributed by atoms with Crippen molar-refractivity contribution in [1.29, 1.82) is 0 Å². The fourth-order valence-corrected chi connectivity index (χ4v) is 2.53. The molecule has 0 bridgehead atoms. The van der Waals surface area contributed by atoms with Crippen molar-refractivity contribution in [2.45, 2.75) is 13.0 Å². The van der Waals surface area contributed by atoms with Crippen molar-refractivity contribution in [3.8, 4) is 5.75 Å². The number of imidazole rings is 1. The lowest BCUT2D eigenvalue weighted by atomic mass is 10.2. The predicted molar refractivity (Wildman–Crippen MR) is 88.3 cm³/mol. The van der Waals surface area contributed by atoms with Gasteiger partial charge < -0.3 is 19.8 Å². The molecule has 0 radical (unpaired) electrons. The second-order valence-electron chi connectivity index (χ2n) is 5.51. The van der Waals surface area contributed by atoms with Gasteiger partial charge in [-0.05, 0) is 37.3 Å². The van der Waals surface area contributed by atoms with Gasteiger partial charge in [-0.1, -0.05) is 6.07 Å². The Kier molecular flexibility index (Phi) is 3.19. The highest BCUT2D eigenvalue weighted by Crippen LogP contribution is 2.32. The fourth-order valence-electron chi connectivity index (χ4n) is 2.53. The Morgan fingerprint density at radius 3 is 3.04 bits per heavy atom. The van der Waals surface area contributed by atoms with E-state index < -0.39 is 6.10 Å². The van der Waals surface area contributed by atoms with Crippen LogP contribution in [0.15, 0.2) is 48.8 Å². The van der Waals surface area contributed by atoms with Gasteiger partial charge in [-0.25, -0.2) is 4.98 Å². The minimum Gasteiger partial charge on any atom is -0.479 e. The van der Waals surface area contributed by atoms with Gasteiger partial charge in [0.05, 0.1) is 5.69 Å². The zero-order valence-corrected chi connectivity index (χ0v) is 12.8. The number of carbonyl (C=O) groups is 2. The van der Waals surface area contributed by atoms with Crippen LogP contribution in [0.5, 0.6) is 5.75 Å². The van der Waals surface area contributed by atoms with Crippen molar-refractivity contribution >= 4 is 28.8 Å². The summed E-state index contributed by atoms with van der Waals surface area (Å²) in [5.41, 5.74) is 2.09. The Morgan fingerprint density at radius 2 is 2.21 bits per heavy atom. The van der Waals surface area contributed by atoms with Crippen LogP contribution in [0.3, 0.4) is 0 Å². The third-order valence-corrected chi connectivity index (χ3v) is 3.76. The highest BCUT2D eigenvalue weighted by Gasteiger charge is 2.23. The van der Waals surface area contributed by atoms with E-state index in [2.05, 4.69) is 15.6 Å². The average molecular weight is 322 g/mol. The number of rotatable bonds is 2. The molecule has 120 valence electrons. The van der Waals surface area contributed by atoms with Crippen LogP contribution >= 0.6 is 0 Å². The second-order valence-corrected chi connectivity index (χ2v) is 5.51. The van der Waals surface area contributed by atoms with Crippen LogP contribution in [0.1, 0.15) is 17.4 Å². The molecule has 1 aliphatic rings. The molecule has 0 fully saturated rings. The molecular formula is C17H14N4O3. The van der Waals surface area contributed by atoms with Crippen LogP contribution in [0.25, 0.3) is 5.65 Å². The second kappa shape index (κ2) is 5.38. The van der Waals surface area contributed by atoms with E-state index >= 15 is 0 Å². The van der Waals surface area contributed by atoms with E-state index in [0.717, 1.165) is 0 Å². The summed E-state index contributed by atoms with van der Waals surface area (Å²) in [5.74, 6) is 0.0363. The van der Waals surface area contributed by atoms with Gasteiger partial charge in [0, 0.05) is 18.1 Å². The number of pyridine rings is 1. The number of hydrogen-bond donors (Lipinski definition) is 2. The first-order valence-corrected chi connectivity index (χ1v) is 7.47. The first-order chi connectivity index (χ1) is 11.6. The van der Waals surface area contributed by atoms with Crippen LogP contribution in [-0.4, -0.2) is 27.3 Å². The smallest absolute Gasteiger partial charge is 0.275 e. The van der Waals surface area contributed by atoms with Crippen molar-refractivity contribution in [2.75, 3.05) is 10.6 Å². The van der Waals surface area contributed by atoms with Gasteiger partial charge in [0.15, 0.2) is 6.10 Å². The first kappa shape index (κ1) is 14.3. The number of benzene rings is 1. The Labute approximate surface area is 137 Å². The molecule has 1 aromatic carbocycles. The molecule has 1 atom stereocenters. The van der Waals surface area contributed by atoms with Gasteiger partial charge >= 0.3 is 0 Å². The Bertz CT molecular complexity index is 930. The fraction of sp³-hybridized carbons (Fsp3) is 0.118. The summed E-state index contributed by atoms with van der Waals surface area (Å²) in [6, 6.07) is 10.6. The van der Waals surface area contributed by atoms with Gasteiger partial charge in [0.2, 0.25) is 0 Å².